The Kier molecular flexibility index (Phi) is 13.4. The molecule has 1 aromatic heterocycles. The Hall–Kier alpha value is -3.30. The van der Waals surface area contributed by atoms with Crippen molar-refractivity contribution in [3.63, 3.8) is 0 Å². The number of methoxy groups -OCH3 is 1. The molecular weight excluding hydrogens is 516 g/mol. The van der Waals surface area contributed by atoms with Crippen LogP contribution in [0.25, 0.3) is 17.0 Å². The standard InChI is InChI=1S/C29H46N6O3.C3H6/c1-8-10-24-26(22(30)9-2)27(33-35(24)18-17-34-15-13-21(31-6)14-16-34)20-11-12-23(25(19-20)37-7)32-28(36)38-29(3,4)5;1-3-2/h9,11-12,19,21,31H,8,10,13-18,30H2,1-7H3,(H,32,36);3H,1H2,2H3/b22-9+;. The number of hydrogen-bond acceptors (Lipinski definition) is 7. The average Bonchev–Trinajstić information content (AvgIpc) is 3.29. The van der Waals surface area contributed by atoms with E-state index in [0.717, 1.165) is 61.5 Å². The fourth-order valence-corrected chi connectivity index (χ4v) is 4.86. The van der Waals surface area contributed by atoms with Crippen molar-refractivity contribution < 1.29 is 14.3 Å². The molecule has 0 bridgehead atoms. The lowest BCUT2D eigenvalue weighted by Gasteiger charge is -2.31. The van der Waals surface area contributed by atoms with Crippen LogP contribution in [0.5, 0.6) is 5.75 Å². The average molecular weight is 569 g/mol. The topological polar surface area (TPSA) is 107 Å². The lowest BCUT2D eigenvalue weighted by molar-refractivity contribution is 0.0635. The van der Waals surface area contributed by atoms with E-state index in [1.54, 1.807) is 13.2 Å². The molecule has 0 radical (unpaired) electrons. The molecule has 0 spiro atoms. The van der Waals surface area contributed by atoms with Gasteiger partial charge in [-0.05, 0) is 86.2 Å². The minimum absolute atomic E-state index is 0.525. The van der Waals surface area contributed by atoms with E-state index in [2.05, 4.69) is 33.7 Å². The first kappa shape index (κ1) is 33.9. The Labute approximate surface area is 247 Å². The number of anilines is 1. The number of likely N-dealkylation sites (tertiary alicyclic amines) is 1. The molecule has 1 aliphatic rings. The molecule has 1 aromatic carbocycles. The molecule has 2 aromatic rings. The SMILES string of the molecule is C/C=C(/N)c1c(-c2ccc(NC(=O)OC(C)(C)C)c(OC)c2)nn(CCN2CCC(NC)CC2)c1CCC.C=CC. The molecule has 2 heterocycles. The van der Waals surface area contributed by atoms with E-state index < -0.39 is 11.7 Å². The largest absolute Gasteiger partial charge is 0.495 e. The first-order valence-corrected chi connectivity index (χ1v) is 14.7. The molecule has 41 heavy (non-hydrogen) atoms. The Morgan fingerprint density at radius 1 is 1.22 bits per heavy atom. The van der Waals surface area contributed by atoms with Crippen LogP contribution in [-0.4, -0.2) is 66.2 Å². The monoisotopic (exact) mass is 568 g/mol. The maximum absolute atomic E-state index is 12.4. The molecule has 1 aliphatic heterocycles. The van der Waals surface area contributed by atoms with E-state index >= 15 is 0 Å². The van der Waals surface area contributed by atoms with Crippen LogP contribution in [0.15, 0.2) is 36.9 Å². The number of benzene rings is 1. The minimum atomic E-state index is -0.596. The Morgan fingerprint density at radius 3 is 2.41 bits per heavy atom. The van der Waals surface area contributed by atoms with Crippen LogP contribution in [0.4, 0.5) is 10.5 Å². The van der Waals surface area contributed by atoms with Gasteiger partial charge in [-0.3, -0.25) is 10.00 Å². The number of rotatable bonds is 10. The number of carbonyl (C=O) groups excluding carboxylic acids is 1. The van der Waals surface area contributed by atoms with Crippen LogP contribution >= 0.6 is 0 Å². The fourth-order valence-electron chi connectivity index (χ4n) is 4.86. The van der Waals surface area contributed by atoms with Crippen molar-refractivity contribution in [1.82, 2.24) is 20.0 Å². The maximum Gasteiger partial charge on any atom is 0.412 e. The van der Waals surface area contributed by atoms with Gasteiger partial charge in [0, 0.05) is 35.1 Å². The molecule has 1 fully saturated rings. The quantitative estimate of drug-likeness (QED) is 0.299. The number of allylic oxidation sites excluding steroid dienone is 2. The summed E-state index contributed by atoms with van der Waals surface area (Å²) in [6.45, 7) is 18.8. The van der Waals surface area contributed by atoms with Crippen LogP contribution in [0.1, 0.15) is 72.1 Å². The summed E-state index contributed by atoms with van der Waals surface area (Å²) < 4.78 is 13.2. The van der Waals surface area contributed by atoms with E-state index in [9.17, 15) is 4.79 Å². The van der Waals surface area contributed by atoms with Gasteiger partial charge in [-0.15, -0.1) is 6.58 Å². The third kappa shape index (κ3) is 9.93. The predicted octanol–water partition coefficient (Wildman–Crippen LogP) is 6.05. The Morgan fingerprint density at radius 2 is 1.88 bits per heavy atom. The number of piperidine rings is 1. The van der Waals surface area contributed by atoms with Gasteiger partial charge in [0.15, 0.2) is 0 Å². The van der Waals surface area contributed by atoms with Crippen molar-refractivity contribution in [1.29, 1.82) is 0 Å². The smallest absolute Gasteiger partial charge is 0.412 e. The molecule has 0 aliphatic carbocycles. The third-order valence-electron chi connectivity index (χ3n) is 6.88. The number of hydrogen-bond donors (Lipinski definition) is 3. The van der Waals surface area contributed by atoms with Crippen LogP contribution in [0.2, 0.25) is 0 Å². The van der Waals surface area contributed by atoms with Gasteiger partial charge in [-0.1, -0.05) is 31.6 Å². The van der Waals surface area contributed by atoms with Crippen molar-refractivity contribution in [3.05, 3.63) is 48.2 Å². The van der Waals surface area contributed by atoms with Crippen LogP contribution in [0, 0.1) is 0 Å². The molecule has 1 amide bonds. The van der Waals surface area contributed by atoms with Gasteiger partial charge < -0.3 is 25.4 Å². The van der Waals surface area contributed by atoms with Crippen molar-refractivity contribution in [2.24, 2.45) is 5.73 Å². The molecule has 228 valence electrons. The summed E-state index contributed by atoms with van der Waals surface area (Å²) in [5.41, 5.74) is 11.0. The van der Waals surface area contributed by atoms with E-state index in [0.29, 0.717) is 23.2 Å². The summed E-state index contributed by atoms with van der Waals surface area (Å²) in [6, 6.07) is 6.26. The lowest BCUT2D eigenvalue weighted by atomic mass is 10.0. The zero-order valence-electron chi connectivity index (χ0n) is 26.5. The highest BCUT2D eigenvalue weighted by Crippen LogP contribution is 2.35. The van der Waals surface area contributed by atoms with Crippen molar-refractivity contribution in [2.45, 2.75) is 85.4 Å². The van der Waals surface area contributed by atoms with Crippen LogP contribution < -0.4 is 21.1 Å². The van der Waals surface area contributed by atoms with E-state index in [1.807, 2.05) is 65.9 Å². The predicted molar refractivity (Wildman–Crippen MR) is 170 cm³/mol. The zero-order chi connectivity index (χ0) is 30.6. The van der Waals surface area contributed by atoms with E-state index in [-0.39, 0.29) is 0 Å². The Balaban J connectivity index is 0.00000187. The summed E-state index contributed by atoms with van der Waals surface area (Å²) >= 11 is 0. The Bertz CT molecular complexity index is 1160. The maximum atomic E-state index is 12.4. The van der Waals surface area contributed by atoms with Crippen molar-refractivity contribution in [3.8, 4) is 17.0 Å². The fraction of sp³-hybridized carbons (Fsp3) is 0.562. The molecule has 0 saturated carbocycles. The number of nitrogens with one attached hydrogen (secondary N) is 2. The van der Waals surface area contributed by atoms with Crippen molar-refractivity contribution in [2.75, 3.05) is 39.1 Å². The summed E-state index contributed by atoms with van der Waals surface area (Å²) in [6.07, 6.45) is 7.36. The molecule has 3 rings (SSSR count). The van der Waals surface area contributed by atoms with Gasteiger partial charge >= 0.3 is 6.09 Å². The summed E-state index contributed by atoms with van der Waals surface area (Å²) in [7, 11) is 3.63. The second kappa shape index (κ2) is 16.2. The van der Waals surface area contributed by atoms with Crippen LogP contribution in [-0.2, 0) is 17.7 Å². The minimum Gasteiger partial charge on any atom is -0.495 e. The highest BCUT2D eigenvalue weighted by molar-refractivity contribution is 5.88. The number of carbonyl (C=O) groups is 1. The summed E-state index contributed by atoms with van der Waals surface area (Å²) in [5, 5.41) is 11.3. The molecule has 9 heteroatoms. The van der Waals surface area contributed by atoms with Gasteiger partial charge in [0.05, 0.1) is 19.3 Å². The first-order valence-electron chi connectivity index (χ1n) is 14.7. The van der Waals surface area contributed by atoms with Crippen LogP contribution in [0.3, 0.4) is 0 Å². The number of aromatic nitrogens is 2. The molecule has 0 unspecified atom stereocenters. The van der Waals surface area contributed by atoms with Gasteiger partial charge in [0.2, 0.25) is 0 Å². The number of ether oxygens (including phenoxy) is 2. The van der Waals surface area contributed by atoms with Gasteiger partial charge in [0.1, 0.15) is 17.0 Å². The zero-order valence-corrected chi connectivity index (χ0v) is 26.5. The first-order chi connectivity index (χ1) is 19.5. The molecule has 1 saturated heterocycles. The molecule has 4 N–H and O–H groups in total. The number of nitrogens with two attached hydrogens (primary N) is 1. The molecular formula is C32H52N6O3. The molecule has 9 nitrogen and oxygen atoms in total. The normalized spacial score (nSPS) is 14.7. The van der Waals surface area contributed by atoms with Gasteiger partial charge in [0.25, 0.3) is 0 Å². The summed E-state index contributed by atoms with van der Waals surface area (Å²) in [4.78, 5) is 14.9. The summed E-state index contributed by atoms with van der Waals surface area (Å²) in [5.74, 6) is 0.525. The van der Waals surface area contributed by atoms with E-state index in [4.69, 9.17) is 20.3 Å². The lowest BCUT2D eigenvalue weighted by Crippen LogP contribution is -2.42. The van der Waals surface area contributed by atoms with E-state index in [1.165, 1.54) is 12.8 Å². The highest BCUT2D eigenvalue weighted by Gasteiger charge is 2.24. The van der Waals surface area contributed by atoms with Gasteiger partial charge in [-0.2, -0.15) is 5.10 Å². The number of nitrogens with zero attached hydrogens (tertiary/aromatic N) is 3. The molecule has 0 atom stereocenters. The highest BCUT2D eigenvalue weighted by atomic mass is 16.6. The third-order valence-corrected chi connectivity index (χ3v) is 6.88. The number of amides is 1. The van der Waals surface area contributed by atoms with Gasteiger partial charge in [-0.25, -0.2) is 4.79 Å². The second-order valence-corrected chi connectivity index (χ2v) is 11.2. The second-order valence-electron chi connectivity index (χ2n) is 11.2. The van der Waals surface area contributed by atoms with Crippen molar-refractivity contribution >= 4 is 17.5 Å².